The lowest BCUT2D eigenvalue weighted by atomic mass is 10.2. The first-order valence-corrected chi connectivity index (χ1v) is 11.5. The Kier molecular flexibility index (Phi) is 6.58. The highest BCUT2D eigenvalue weighted by molar-refractivity contribution is 6.31. The average molecular weight is 533 g/mol. The van der Waals surface area contributed by atoms with Crippen molar-refractivity contribution in [3.05, 3.63) is 97.8 Å². The maximum atomic E-state index is 13.4. The van der Waals surface area contributed by atoms with Gasteiger partial charge in [-0.25, -0.2) is 9.78 Å². The molecule has 5 aromatic rings. The first kappa shape index (κ1) is 24.7. The lowest BCUT2D eigenvalue weighted by Crippen LogP contribution is -2.20. The molecule has 0 unspecified atom stereocenters. The maximum Gasteiger partial charge on any atom is 0.343 e. The van der Waals surface area contributed by atoms with E-state index in [0.717, 1.165) is 4.68 Å². The quantitative estimate of drug-likeness (QED) is 0.126. The van der Waals surface area contributed by atoms with Crippen molar-refractivity contribution in [3.8, 4) is 17.3 Å². The molecule has 38 heavy (non-hydrogen) atoms. The largest absolute Gasteiger partial charge is 0.475 e. The Labute approximate surface area is 218 Å². The number of aromatic nitrogens is 2. The van der Waals surface area contributed by atoms with Gasteiger partial charge in [0.1, 0.15) is 5.58 Å². The van der Waals surface area contributed by atoms with Gasteiger partial charge in [0.25, 0.3) is 5.56 Å². The van der Waals surface area contributed by atoms with Gasteiger partial charge in [0.05, 0.1) is 29.2 Å². The number of benzene rings is 3. The van der Waals surface area contributed by atoms with E-state index in [2.05, 4.69) is 14.8 Å². The monoisotopic (exact) mass is 532 g/mol. The van der Waals surface area contributed by atoms with Crippen LogP contribution in [-0.2, 0) is 9.53 Å². The summed E-state index contributed by atoms with van der Waals surface area (Å²) in [5.74, 6) is -0.401. The molecule has 0 aliphatic carbocycles. The van der Waals surface area contributed by atoms with Crippen LogP contribution in [0.4, 0.5) is 5.69 Å². The van der Waals surface area contributed by atoms with Gasteiger partial charge < -0.3 is 13.9 Å². The van der Waals surface area contributed by atoms with Crippen molar-refractivity contribution < 1.29 is 23.6 Å². The molecule has 0 saturated carbocycles. The summed E-state index contributed by atoms with van der Waals surface area (Å²) in [5.41, 5.74) is 0.425. The fraction of sp³-hybridized carbons (Fsp3) is 0.0769. The molecule has 0 radical (unpaired) electrons. The van der Waals surface area contributed by atoms with Gasteiger partial charge in [-0.15, -0.1) is 0 Å². The van der Waals surface area contributed by atoms with Gasteiger partial charge in [0.2, 0.25) is 5.82 Å². The molecule has 0 bridgehead atoms. The smallest absolute Gasteiger partial charge is 0.343 e. The molecule has 0 N–H and O–H groups in total. The predicted octanol–water partition coefficient (Wildman–Crippen LogP) is 4.81. The van der Waals surface area contributed by atoms with Crippen molar-refractivity contribution in [1.82, 2.24) is 9.66 Å². The summed E-state index contributed by atoms with van der Waals surface area (Å²) in [4.78, 5) is 40.3. The lowest BCUT2D eigenvalue weighted by molar-refractivity contribution is -0.385. The number of hydrogen-bond acceptors (Lipinski definition) is 9. The Balaban J connectivity index is 1.60. The Morgan fingerprint density at radius 2 is 2.00 bits per heavy atom. The first-order chi connectivity index (χ1) is 18.3. The summed E-state index contributed by atoms with van der Waals surface area (Å²) in [7, 11) is 1.18. The molecule has 5 rings (SSSR count). The number of halogens is 1. The highest BCUT2D eigenvalue weighted by Gasteiger charge is 2.19. The van der Waals surface area contributed by atoms with Crippen LogP contribution in [-0.4, -0.2) is 40.5 Å². The van der Waals surface area contributed by atoms with Crippen LogP contribution in [0.3, 0.4) is 0 Å². The molecule has 0 fully saturated rings. The SMILES string of the molecule is COC(=O)COc1ccc(C=Nn2c(-c3cc4cc(Cl)ccc4o3)nc3ccccc3c2=O)cc1[N+](=O)[O-]. The van der Waals surface area contributed by atoms with E-state index in [1.165, 1.54) is 31.5 Å². The molecule has 190 valence electrons. The minimum atomic E-state index is -0.687. The van der Waals surface area contributed by atoms with Crippen LogP contribution in [0.1, 0.15) is 5.56 Å². The predicted molar refractivity (Wildman–Crippen MR) is 140 cm³/mol. The van der Waals surface area contributed by atoms with E-state index in [9.17, 15) is 19.7 Å². The fourth-order valence-electron chi connectivity index (χ4n) is 3.71. The number of hydrogen-bond donors (Lipinski definition) is 0. The number of nitro groups is 1. The zero-order chi connectivity index (χ0) is 26.8. The normalized spacial score (nSPS) is 11.3. The van der Waals surface area contributed by atoms with E-state index in [4.69, 9.17) is 20.8 Å². The Hall–Kier alpha value is -5.03. The zero-order valence-electron chi connectivity index (χ0n) is 19.7. The number of carbonyl (C=O) groups is 1. The van der Waals surface area contributed by atoms with Crippen LogP contribution in [0, 0.1) is 10.1 Å². The van der Waals surface area contributed by atoms with Crippen molar-refractivity contribution in [2.24, 2.45) is 5.10 Å². The number of methoxy groups -OCH3 is 1. The second kappa shape index (κ2) is 10.1. The van der Waals surface area contributed by atoms with Crippen LogP contribution in [0.2, 0.25) is 5.02 Å². The average Bonchev–Trinajstić information content (AvgIpc) is 3.34. The topological polar surface area (TPSA) is 139 Å². The molecule has 2 aromatic heterocycles. The molecule has 0 saturated heterocycles. The van der Waals surface area contributed by atoms with Crippen LogP contribution < -0.4 is 10.3 Å². The number of para-hydroxylation sites is 1. The molecule has 0 spiro atoms. The van der Waals surface area contributed by atoms with Gasteiger partial charge >= 0.3 is 11.7 Å². The maximum absolute atomic E-state index is 13.4. The van der Waals surface area contributed by atoms with Gasteiger partial charge in [-0.3, -0.25) is 14.9 Å². The molecule has 2 heterocycles. The summed E-state index contributed by atoms with van der Waals surface area (Å²) in [6, 6.07) is 17.6. The van der Waals surface area contributed by atoms with Crippen LogP contribution >= 0.6 is 11.6 Å². The van der Waals surface area contributed by atoms with Crippen molar-refractivity contribution in [2.75, 3.05) is 13.7 Å². The molecule has 3 aromatic carbocycles. The van der Waals surface area contributed by atoms with Crippen LogP contribution in [0.15, 0.2) is 81.0 Å². The zero-order valence-corrected chi connectivity index (χ0v) is 20.4. The number of ether oxygens (including phenoxy) is 2. The molecular weight excluding hydrogens is 516 g/mol. The number of furan rings is 1. The van der Waals surface area contributed by atoms with E-state index in [1.807, 2.05) is 0 Å². The number of esters is 1. The minimum Gasteiger partial charge on any atom is -0.475 e. The number of carbonyl (C=O) groups excluding carboxylic acids is 1. The minimum absolute atomic E-state index is 0.122. The van der Waals surface area contributed by atoms with E-state index < -0.39 is 28.7 Å². The van der Waals surface area contributed by atoms with Gasteiger partial charge in [-0.1, -0.05) is 23.7 Å². The number of rotatable bonds is 7. The summed E-state index contributed by atoms with van der Waals surface area (Å²) >= 11 is 6.10. The lowest BCUT2D eigenvalue weighted by Gasteiger charge is -2.08. The molecule has 0 aliphatic rings. The molecule has 0 amide bonds. The van der Waals surface area contributed by atoms with Crippen LogP contribution in [0.5, 0.6) is 5.75 Å². The highest BCUT2D eigenvalue weighted by Crippen LogP contribution is 2.30. The number of nitrogens with zero attached hydrogens (tertiary/aromatic N) is 4. The van der Waals surface area contributed by atoms with Crippen molar-refractivity contribution in [2.45, 2.75) is 0 Å². The fourth-order valence-corrected chi connectivity index (χ4v) is 3.89. The van der Waals surface area contributed by atoms with Gasteiger partial charge in [-0.2, -0.15) is 9.78 Å². The van der Waals surface area contributed by atoms with Crippen molar-refractivity contribution in [1.29, 1.82) is 0 Å². The summed E-state index contributed by atoms with van der Waals surface area (Å²) in [5, 5.41) is 17.4. The molecular formula is C26H17ClN4O7. The van der Waals surface area contributed by atoms with Gasteiger partial charge in [-0.05, 0) is 48.5 Å². The highest BCUT2D eigenvalue weighted by atomic mass is 35.5. The molecule has 0 aliphatic heterocycles. The van der Waals surface area contributed by atoms with Crippen molar-refractivity contribution in [3.63, 3.8) is 0 Å². The molecule has 0 atom stereocenters. The second-order valence-corrected chi connectivity index (χ2v) is 8.39. The standard InChI is InChI=1S/C26H17ClN4O7/c1-36-24(32)14-37-22-8-6-15(10-20(22)31(34)35)13-28-30-25(29-19-5-3-2-4-18(19)26(30)33)23-12-16-11-17(27)7-9-21(16)38-23/h2-13H,14H2,1H3. The number of fused-ring (bicyclic) bond motifs is 2. The Morgan fingerprint density at radius 3 is 2.79 bits per heavy atom. The van der Waals surface area contributed by atoms with Crippen LogP contribution in [0.25, 0.3) is 33.5 Å². The Bertz CT molecular complexity index is 1810. The summed E-state index contributed by atoms with van der Waals surface area (Å²) in [6.45, 7) is -0.491. The first-order valence-electron chi connectivity index (χ1n) is 11.1. The second-order valence-electron chi connectivity index (χ2n) is 7.96. The Morgan fingerprint density at radius 1 is 1.18 bits per heavy atom. The van der Waals surface area contributed by atoms with E-state index >= 15 is 0 Å². The third kappa shape index (κ3) is 4.82. The molecule has 11 nitrogen and oxygen atoms in total. The molecule has 12 heteroatoms. The summed E-state index contributed by atoms with van der Waals surface area (Å²) < 4.78 is 16.7. The van der Waals surface area contributed by atoms with E-state index in [1.54, 1.807) is 48.5 Å². The van der Waals surface area contributed by atoms with Gasteiger partial charge in [0.15, 0.2) is 18.1 Å². The van der Waals surface area contributed by atoms with E-state index in [0.29, 0.717) is 32.5 Å². The van der Waals surface area contributed by atoms with Gasteiger partial charge in [0, 0.05) is 22.0 Å². The van der Waals surface area contributed by atoms with E-state index in [-0.39, 0.29) is 17.3 Å². The summed E-state index contributed by atoms with van der Waals surface area (Å²) in [6.07, 6.45) is 1.28. The third-order valence-corrected chi connectivity index (χ3v) is 5.76. The van der Waals surface area contributed by atoms with Crippen molar-refractivity contribution >= 4 is 51.3 Å². The number of nitro benzene ring substituents is 1. The third-order valence-electron chi connectivity index (χ3n) is 5.53.